The highest BCUT2D eigenvalue weighted by molar-refractivity contribution is 7.89. The molecule has 3 aromatic rings. The minimum atomic E-state index is -4.02. The van der Waals surface area contributed by atoms with E-state index in [9.17, 15) is 17.6 Å². The Morgan fingerprint density at radius 1 is 1.00 bits per heavy atom. The second-order valence-corrected chi connectivity index (χ2v) is 10.1. The topological polar surface area (TPSA) is 63.7 Å². The van der Waals surface area contributed by atoms with Gasteiger partial charge in [-0.1, -0.05) is 41.4 Å². The van der Waals surface area contributed by atoms with Crippen molar-refractivity contribution in [3.8, 4) is 0 Å². The average molecular weight is 510 g/mol. The van der Waals surface area contributed by atoms with Crippen molar-refractivity contribution in [2.75, 3.05) is 6.61 Å². The van der Waals surface area contributed by atoms with Crippen LogP contribution in [0, 0.1) is 12.7 Å². The summed E-state index contributed by atoms with van der Waals surface area (Å²) in [4.78, 5) is 11.9. The highest BCUT2D eigenvalue weighted by Crippen LogP contribution is 2.27. The minimum absolute atomic E-state index is 0.000812. The molecule has 0 spiro atoms. The Morgan fingerprint density at radius 2 is 1.70 bits per heavy atom. The largest absolute Gasteiger partial charge is 0.462 e. The number of esters is 1. The lowest BCUT2D eigenvalue weighted by Crippen LogP contribution is -2.30. The van der Waals surface area contributed by atoms with Crippen LogP contribution in [0.3, 0.4) is 0 Å². The molecule has 0 saturated carbocycles. The first-order valence-corrected chi connectivity index (χ1v) is 12.3. The Kier molecular flexibility index (Phi) is 8.13. The van der Waals surface area contributed by atoms with Gasteiger partial charge in [-0.25, -0.2) is 17.6 Å². The van der Waals surface area contributed by atoms with Crippen LogP contribution in [0.25, 0.3) is 0 Å². The molecule has 0 N–H and O–H groups in total. The van der Waals surface area contributed by atoms with Gasteiger partial charge in [-0.05, 0) is 73.0 Å². The third-order valence-electron chi connectivity index (χ3n) is 4.95. The first kappa shape index (κ1) is 25.2. The number of carbonyl (C=O) groups is 1. The smallest absolute Gasteiger partial charge is 0.338 e. The first-order chi connectivity index (χ1) is 15.6. The van der Waals surface area contributed by atoms with Gasteiger partial charge in [0.25, 0.3) is 0 Å². The van der Waals surface area contributed by atoms with E-state index < -0.39 is 21.8 Å². The molecule has 33 heavy (non-hydrogen) atoms. The summed E-state index contributed by atoms with van der Waals surface area (Å²) in [6.45, 7) is 3.44. The lowest BCUT2D eigenvalue weighted by atomic mass is 10.1. The molecular formula is C24H22Cl2FNO4S. The van der Waals surface area contributed by atoms with Crippen molar-refractivity contribution >= 4 is 39.2 Å². The van der Waals surface area contributed by atoms with Crippen molar-refractivity contribution < 1.29 is 22.3 Å². The maximum Gasteiger partial charge on any atom is 0.338 e. The molecule has 9 heteroatoms. The van der Waals surface area contributed by atoms with E-state index in [-0.39, 0.29) is 30.2 Å². The van der Waals surface area contributed by atoms with Crippen LogP contribution < -0.4 is 0 Å². The molecule has 0 unspecified atom stereocenters. The molecule has 0 fully saturated rings. The predicted molar refractivity (Wildman–Crippen MR) is 126 cm³/mol. The highest BCUT2D eigenvalue weighted by atomic mass is 35.5. The molecule has 0 heterocycles. The van der Waals surface area contributed by atoms with Gasteiger partial charge in [0, 0.05) is 23.1 Å². The fourth-order valence-electron chi connectivity index (χ4n) is 3.16. The molecule has 0 bridgehead atoms. The molecule has 3 rings (SSSR count). The first-order valence-electron chi connectivity index (χ1n) is 10.1. The van der Waals surface area contributed by atoms with Crippen LogP contribution in [0.2, 0.25) is 10.0 Å². The van der Waals surface area contributed by atoms with Crippen molar-refractivity contribution in [3.05, 3.63) is 98.8 Å². The Morgan fingerprint density at radius 3 is 2.30 bits per heavy atom. The second-order valence-electron chi connectivity index (χ2n) is 7.34. The third kappa shape index (κ3) is 6.12. The van der Waals surface area contributed by atoms with E-state index in [2.05, 4.69) is 0 Å². The molecule has 0 atom stereocenters. The lowest BCUT2D eigenvalue weighted by molar-refractivity contribution is 0.0526. The number of hydrogen-bond donors (Lipinski definition) is 0. The third-order valence-corrected chi connectivity index (χ3v) is 7.33. The SMILES string of the molecule is CCOC(=O)c1ccc(CN(Cc2ccc(Cl)cc2Cl)S(=O)(=O)c2ccc(F)c(C)c2)cc1. The van der Waals surface area contributed by atoms with Crippen molar-refractivity contribution in [2.45, 2.75) is 31.8 Å². The summed E-state index contributed by atoms with van der Waals surface area (Å²) in [7, 11) is -4.02. The molecule has 0 aliphatic rings. The Hall–Kier alpha value is -2.45. The predicted octanol–water partition coefficient (Wildman–Crippen LogP) is 6.01. The summed E-state index contributed by atoms with van der Waals surface area (Å²) in [6, 6.07) is 15.0. The molecule has 0 aliphatic carbocycles. The van der Waals surface area contributed by atoms with Gasteiger partial charge in [0.15, 0.2) is 0 Å². The number of hydrogen-bond acceptors (Lipinski definition) is 4. The Labute approximate surface area is 202 Å². The number of nitrogens with zero attached hydrogens (tertiary/aromatic N) is 1. The van der Waals surface area contributed by atoms with E-state index in [4.69, 9.17) is 27.9 Å². The molecule has 3 aromatic carbocycles. The van der Waals surface area contributed by atoms with Crippen molar-refractivity contribution in [2.24, 2.45) is 0 Å². The summed E-state index contributed by atoms with van der Waals surface area (Å²) < 4.78 is 47.0. The molecule has 0 aliphatic heterocycles. The van der Waals surface area contributed by atoms with Gasteiger partial charge in [-0.2, -0.15) is 4.31 Å². The van der Waals surface area contributed by atoms with Gasteiger partial charge in [-0.3, -0.25) is 0 Å². The van der Waals surface area contributed by atoms with Gasteiger partial charge in [-0.15, -0.1) is 0 Å². The quantitative estimate of drug-likeness (QED) is 0.349. The zero-order valence-corrected chi connectivity index (χ0v) is 20.3. The summed E-state index contributed by atoms with van der Waals surface area (Å²) in [5.74, 6) is -0.945. The molecular weight excluding hydrogens is 488 g/mol. The second kappa shape index (κ2) is 10.7. The number of aryl methyl sites for hydroxylation is 1. The number of rotatable bonds is 8. The molecule has 0 saturated heterocycles. The van der Waals surface area contributed by atoms with Crippen LogP contribution in [0.1, 0.15) is 34.0 Å². The summed E-state index contributed by atoms with van der Waals surface area (Å²) in [6.07, 6.45) is 0. The van der Waals surface area contributed by atoms with Crippen LogP contribution in [-0.4, -0.2) is 25.3 Å². The monoisotopic (exact) mass is 509 g/mol. The number of halogens is 3. The summed E-state index contributed by atoms with van der Waals surface area (Å²) >= 11 is 12.3. The number of ether oxygens (including phenoxy) is 1. The number of benzene rings is 3. The van der Waals surface area contributed by atoms with Crippen LogP contribution in [-0.2, 0) is 27.8 Å². The molecule has 174 valence electrons. The molecule has 0 amide bonds. The van der Waals surface area contributed by atoms with Crippen molar-refractivity contribution in [1.29, 1.82) is 0 Å². The zero-order valence-electron chi connectivity index (χ0n) is 18.0. The van der Waals surface area contributed by atoms with E-state index in [0.717, 1.165) is 6.07 Å². The van der Waals surface area contributed by atoms with E-state index in [1.807, 2.05) is 0 Å². The minimum Gasteiger partial charge on any atom is -0.462 e. The molecule has 0 aromatic heterocycles. The maximum atomic E-state index is 13.8. The fourth-order valence-corrected chi connectivity index (χ4v) is 5.12. The maximum absolute atomic E-state index is 13.8. The van der Waals surface area contributed by atoms with Gasteiger partial charge in [0.05, 0.1) is 17.1 Å². The van der Waals surface area contributed by atoms with Gasteiger partial charge in [0.1, 0.15) is 5.82 Å². The van der Waals surface area contributed by atoms with Gasteiger partial charge >= 0.3 is 5.97 Å². The van der Waals surface area contributed by atoms with Crippen molar-refractivity contribution in [3.63, 3.8) is 0 Å². The van der Waals surface area contributed by atoms with E-state index in [0.29, 0.717) is 26.7 Å². The number of sulfonamides is 1. The van der Waals surface area contributed by atoms with Crippen LogP contribution in [0.4, 0.5) is 4.39 Å². The summed E-state index contributed by atoms with van der Waals surface area (Å²) in [5, 5.41) is 0.762. The van der Waals surface area contributed by atoms with Crippen LogP contribution >= 0.6 is 23.2 Å². The normalized spacial score (nSPS) is 11.6. The highest BCUT2D eigenvalue weighted by Gasteiger charge is 2.26. The lowest BCUT2D eigenvalue weighted by Gasteiger charge is -2.23. The Bertz CT molecular complexity index is 1260. The van der Waals surface area contributed by atoms with Gasteiger partial charge < -0.3 is 4.74 Å². The van der Waals surface area contributed by atoms with E-state index >= 15 is 0 Å². The Balaban J connectivity index is 1.97. The average Bonchev–Trinajstić information content (AvgIpc) is 2.77. The standard InChI is InChI=1S/C24H22Cl2FNO4S/c1-3-32-24(29)18-6-4-17(5-7-18)14-28(15-19-8-9-20(25)13-22(19)26)33(30,31)21-10-11-23(27)16(2)12-21/h4-13H,3,14-15H2,1-2H3. The molecule has 5 nitrogen and oxygen atoms in total. The number of carbonyl (C=O) groups excluding carboxylic acids is 1. The molecule has 0 radical (unpaired) electrons. The van der Waals surface area contributed by atoms with Crippen molar-refractivity contribution in [1.82, 2.24) is 4.31 Å². The zero-order chi connectivity index (χ0) is 24.2. The van der Waals surface area contributed by atoms with Crippen LogP contribution in [0.5, 0.6) is 0 Å². The summed E-state index contributed by atoms with van der Waals surface area (Å²) in [5.41, 5.74) is 1.80. The van der Waals surface area contributed by atoms with Crippen LogP contribution in [0.15, 0.2) is 65.6 Å². The van der Waals surface area contributed by atoms with Gasteiger partial charge in [0.2, 0.25) is 10.0 Å². The fraction of sp³-hybridized carbons (Fsp3) is 0.208. The van der Waals surface area contributed by atoms with E-state index in [1.54, 1.807) is 49.4 Å². The van der Waals surface area contributed by atoms with E-state index in [1.165, 1.54) is 23.4 Å².